The normalized spacial score (nSPS) is 30.2. The van der Waals surface area contributed by atoms with Crippen molar-refractivity contribution in [3.8, 4) is 0 Å². The second-order valence-electron chi connectivity index (χ2n) is 7.72. The first-order valence-electron chi connectivity index (χ1n) is 8.77. The van der Waals surface area contributed by atoms with Crippen molar-refractivity contribution in [2.75, 3.05) is 0 Å². The fraction of sp³-hybridized carbons (Fsp3) is 0.941. The number of halogens is 1. The number of rotatable bonds is 1. The van der Waals surface area contributed by atoms with Crippen molar-refractivity contribution >= 4 is 18.5 Å². The molecule has 144 valence electrons. The number of aliphatic hydroxyl groups is 2. The van der Waals surface area contributed by atoms with Gasteiger partial charge in [-0.2, -0.15) is 0 Å². The maximum Gasteiger partial charge on any atom is 0.407 e. The Morgan fingerprint density at radius 3 is 1.75 bits per heavy atom. The molecule has 0 aromatic rings. The Balaban J connectivity index is 0.000000498. The third kappa shape index (κ3) is 11.1. The van der Waals surface area contributed by atoms with E-state index in [1.807, 2.05) is 20.8 Å². The van der Waals surface area contributed by atoms with Crippen LogP contribution in [0.1, 0.15) is 72.1 Å². The predicted octanol–water partition coefficient (Wildman–Crippen LogP) is 2.49. The molecule has 0 aliphatic heterocycles. The minimum Gasteiger partial charge on any atom is -0.444 e. The van der Waals surface area contributed by atoms with E-state index < -0.39 is 5.60 Å². The molecular formula is C17H35ClN2O4. The zero-order valence-corrected chi connectivity index (χ0v) is 16.0. The summed E-state index contributed by atoms with van der Waals surface area (Å²) in [5.74, 6) is 0. The summed E-state index contributed by atoms with van der Waals surface area (Å²) < 4.78 is 5.15. The lowest BCUT2D eigenvalue weighted by Crippen LogP contribution is -2.41. The summed E-state index contributed by atoms with van der Waals surface area (Å²) in [6.07, 6.45) is 6.40. The van der Waals surface area contributed by atoms with Gasteiger partial charge in [0.05, 0.1) is 12.2 Å². The molecule has 0 atom stereocenters. The predicted molar refractivity (Wildman–Crippen MR) is 97.3 cm³/mol. The summed E-state index contributed by atoms with van der Waals surface area (Å²) in [5, 5.41) is 21.1. The van der Waals surface area contributed by atoms with Crippen LogP contribution in [0.15, 0.2) is 0 Å². The molecule has 0 radical (unpaired) electrons. The van der Waals surface area contributed by atoms with Crippen LogP contribution in [0.3, 0.4) is 0 Å². The molecule has 1 amide bonds. The van der Waals surface area contributed by atoms with Gasteiger partial charge in [0.1, 0.15) is 5.60 Å². The quantitative estimate of drug-likeness (QED) is 0.570. The minimum atomic E-state index is -0.446. The van der Waals surface area contributed by atoms with Gasteiger partial charge < -0.3 is 26.0 Å². The van der Waals surface area contributed by atoms with Crippen LogP contribution in [0.2, 0.25) is 0 Å². The van der Waals surface area contributed by atoms with Crippen molar-refractivity contribution < 1.29 is 19.7 Å². The summed E-state index contributed by atoms with van der Waals surface area (Å²) in [4.78, 5) is 11.4. The van der Waals surface area contributed by atoms with Gasteiger partial charge in [0.2, 0.25) is 0 Å². The van der Waals surface area contributed by atoms with Crippen LogP contribution in [-0.4, -0.2) is 46.2 Å². The Kier molecular flexibility index (Phi) is 10.9. The first kappa shape index (κ1) is 23.4. The van der Waals surface area contributed by atoms with Crippen molar-refractivity contribution in [2.24, 2.45) is 5.73 Å². The van der Waals surface area contributed by atoms with Gasteiger partial charge in [-0.25, -0.2) is 4.79 Å². The van der Waals surface area contributed by atoms with Crippen LogP contribution < -0.4 is 11.1 Å². The van der Waals surface area contributed by atoms with E-state index in [1.165, 1.54) is 0 Å². The highest BCUT2D eigenvalue weighted by atomic mass is 35.5. The molecule has 0 heterocycles. The summed E-state index contributed by atoms with van der Waals surface area (Å²) in [7, 11) is 0. The first-order valence-corrected chi connectivity index (χ1v) is 8.77. The molecular weight excluding hydrogens is 332 g/mol. The number of alkyl carbamates (subject to hydrolysis) is 1. The van der Waals surface area contributed by atoms with Gasteiger partial charge in [-0.1, -0.05) is 0 Å². The van der Waals surface area contributed by atoms with E-state index >= 15 is 0 Å². The average molecular weight is 367 g/mol. The Labute approximate surface area is 151 Å². The lowest BCUT2D eigenvalue weighted by Gasteiger charge is -2.27. The molecule has 6 nitrogen and oxygen atoms in total. The van der Waals surface area contributed by atoms with E-state index in [-0.39, 0.29) is 36.8 Å². The maximum atomic E-state index is 11.4. The van der Waals surface area contributed by atoms with Crippen LogP contribution in [0.25, 0.3) is 0 Å². The molecule has 2 fully saturated rings. The highest BCUT2D eigenvalue weighted by molar-refractivity contribution is 5.85. The Morgan fingerprint density at radius 2 is 1.38 bits per heavy atom. The molecule has 2 aliphatic carbocycles. The lowest BCUT2D eigenvalue weighted by atomic mass is 9.93. The molecule has 7 heteroatoms. The summed E-state index contributed by atoms with van der Waals surface area (Å²) in [6, 6.07) is 0.515. The number of hydrogen-bond acceptors (Lipinski definition) is 5. The highest BCUT2D eigenvalue weighted by Gasteiger charge is 2.23. The van der Waals surface area contributed by atoms with Gasteiger partial charge in [0.25, 0.3) is 0 Å². The zero-order chi connectivity index (χ0) is 17.5. The Hall–Kier alpha value is -0.560. The summed E-state index contributed by atoms with van der Waals surface area (Å²) >= 11 is 0. The molecule has 0 bridgehead atoms. The van der Waals surface area contributed by atoms with Crippen molar-refractivity contribution in [3.05, 3.63) is 0 Å². The summed E-state index contributed by atoms with van der Waals surface area (Å²) in [5.41, 5.74) is 5.14. The molecule has 0 aromatic carbocycles. The van der Waals surface area contributed by atoms with Gasteiger partial charge in [-0.05, 0) is 72.1 Å². The molecule has 2 rings (SSSR count). The van der Waals surface area contributed by atoms with Crippen molar-refractivity contribution in [1.29, 1.82) is 0 Å². The van der Waals surface area contributed by atoms with Gasteiger partial charge in [-0.3, -0.25) is 0 Å². The number of nitrogens with two attached hydrogens (primary N) is 1. The number of carbonyl (C=O) groups is 1. The number of ether oxygens (including phenoxy) is 1. The van der Waals surface area contributed by atoms with Gasteiger partial charge >= 0.3 is 6.09 Å². The van der Waals surface area contributed by atoms with Crippen LogP contribution in [0, 0.1) is 0 Å². The van der Waals surface area contributed by atoms with E-state index in [2.05, 4.69) is 5.32 Å². The monoisotopic (exact) mass is 366 g/mol. The Morgan fingerprint density at radius 1 is 0.958 bits per heavy atom. The van der Waals surface area contributed by atoms with Crippen molar-refractivity contribution in [1.82, 2.24) is 5.32 Å². The molecule has 0 saturated heterocycles. The fourth-order valence-electron chi connectivity index (χ4n) is 2.80. The largest absolute Gasteiger partial charge is 0.444 e. The molecule has 5 N–H and O–H groups in total. The van der Waals surface area contributed by atoms with E-state index in [0.717, 1.165) is 51.4 Å². The SMILES string of the molecule is CC(C)(C)OC(=O)NC1CCC(O)CC1.Cl.NC1CCC(O)CC1. The van der Waals surface area contributed by atoms with Crippen LogP contribution >= 0.6 is 12.4 Å². The topological polar surface area (TPSA) is 105 Å². The van der Waals surface area contributed by atoms with Crippen LogP contribution in [0.5, 0.6) is 0 Å². The number of aliphatic hydroxyl groups excluding tert-OH is 2. The smallest absolute Gasteiger partial charge is 0.407 e. The van der Waals surface area contributed by atoms with Gasteiger partial charge in [0, 0.05) is 12.1 Å². The summed E-state index contributed by atoms with van der Waals surface area (Å²) in [6.45, 7) is 5.53. The number of hydrogen-bond donors (Lipinski definition) is 4. The van der Waals surface area contributed by atoms with Crippen LogP contribution in [-0.2, 0) is 4.74 Å². The number of amides is 1. The lowest BCUT2D eigenvalue weighted by molar-refractivity contribution is 0.0460. The molecule has 24 heavy (non-hydrogen) atoms. The minimum absolute atomic E-state index is 0. The molecule has 0 spiro atoms. The zero-order valence-electron chi connectivity index (χ0n) is 15.2. The van der Waals surface area contributed by atoms with Crippen LogP contribution in [0.4, 0.5) is 4.79 Å². The first-order chi connectivity index (χ1) is 10.7. The van der Waals surface area contributed by atoms with E-state index in [4.69, 9.17) is 15.6 Å². The standard InChI is InChI=1S/C11H21NO3.C6H13NO.ClH/c1-11(2,3)15-10(14)12-8-4-6-9(13)7-5-8;7-5-1-3-6(8)4-2-5;/h8-9,13H,4-7H2,1-3H3,(H,12,14);5-6,8H,1-4,7H2;1H. The maximum absolute atomic E-state index is 11.4. The van der Waals surface area contributed by atoms with Crippen molar-refractivity contribution in [2.45, 2.75) is 102 Å². The number of nitrogens with one attached hydrogen (secondary N) is 1. The second kappa shape index (κ2) is 11.1. The molecule has 2 saturated carbocycles. The number of carbonyl (C=O) groups excluding carboxylic acids is 1. The molecule has 0 aromatic heterocycles. The average Bonchev–Trinajstić information content (AvgIpc) is 2.43. The molecule has 0 unspecified atom stereocenters. The van der Waals surface area contributed by atoms with Gasteiger partial charge in [-0.15, -0.1) is 12.4 Å². The molecule has 2 aliphatic rings. The Bertz CT molecular complexity index is 337. The van der Waals surface area contributed by atoms with E-state index in [0.29, 0.717) is 6.04 Å². The van der Waals surface area contributed by atoms with Gasteiger partial charge in [0.15, 0.2) is 0 Å². The van der Waals surface area contributed by atoms with Crippen molar-refractivity contribution in [3.63, 3.8) is 0 Å². The third-order valence-corrected chi connectivity index (χ3v) is 4.16. The highest BCUT2D eigenvalue weighted by Crippen LogP contribution is 2.19. The van der Waals surface area contributed by atoms with E-state index in [1.54, 1.807) is 0 Å². The third-order valence-electron chi connectivity index (χ3n) is 4.16. The fourth-order valence-corrected chi connectivity index (χ4v) is 2.80. The van der Waals surface area contributed by atoms with E-state index in [9.17, 15) is 9.90 Å². The second-order valence-corrected chi connectivity index (χ2v) is 7.72.